The second kappa shape index (κ2) is 7.25. The Morgan fingerprint density at radius 1 is 1.11 bits per heavy atom. The molecule has 0 spiro atoms. The number of carbonyl (C=O) groups is 1. The van der Waals surface area contributed by atoms with E-state index in [1.807, 2.05) is 28.5 Å². The maximum atomic E-state index is 13.0. The van der Waals surface area contributed by atoms with Gasteiger partial charge in [-0.3, -0.25) is 9.69 Å². The van der Waals surface area contributed by atoms with Gasteiger partial charge in [0.15, 0.2) is 11.5 Å². The van der Waals surface area contributed by atoms with Crippen molar-refractivity contribution in [2.45, 2.75) is 6.54 Å². The van der Waals surface area contributed by atoms with Gasteiger partial charge in [-0.25, -0.2) is 4.68 Å². The molecule has 3 aromatic rings. The van der Waals surface area contributed by atoms with Gasteiger partial charge < -0.3 is 14.4 Å². The van der Waals surface area contributed by atoms with E-state index in [0.29, 0.717) is 24.8 Å². The third-order valence-corrected chi connectivity index (χ3v) is 5.90. The van der Waals surface area contributed by atoms with Gasteiger partial charge in [-0.05, 0) is 29.1 Å². The van der Waals surface area contributed by atoms with Gasteiger partial charge in [0.05, 0.1) is 18.1 Å². The molecule has 4 heterocycles. The summed E-state index contributed by atoms with van der Waals surface area (Å²) in [4.78, 5) is 18.0. The van der Waals surface area contributed by atoms with Crippen molar-refractivity contribution in [1.29, 1.82) is 0 Å². The Morgan fingerprint density at radius 3 is 2.79 bits per heavy atom. The van der Waals surface area contributed by atoms with Crippen molar-refractivity contribution in [1.82, 2.24) is 24.8 Å². The summed E-state index contributed by atoms with van der Waals surface area (Å²) >= 11 is 1.45. The minimum Gasteiger partial charge on any atom is -0.454 e. The number of hydrogen-bond acceptors (Lipinski definition) is 7. The van der Waals surface area contributed by atoms with Crippen LogP contribution in [0, 0.1) is 0 Å². The van der Waals surface area contributed by atoms with E-state index in [1.165, 1.54) is 16.9 Å². The summed E-state index contributed by atoms with van der Waals surface area (Å²) in [6, 6.07) is 7.97. The van der Waals surface area contributed by atoms with Gasteiger partial charge in [0, 0.05) is 32.7 Å². The second-order valence-electron chi connectivity index (χ2n) is 6.74. The number of ether oxygens (including phenoxy) is 2. The average molecular weight is 397 g/mol. The summed E-state index contributed by atoms with van der Waals surface area (Å²) in [6.07, 6.45) is 3.36. The maximum absolute atomic E-state index is 13.0. The molecular formula is C19H19N5O3S. The normalized spacial score (nSPS) is 16.5. The minimum atomic E-state index is 0.0585. The molecule has 0 radical (unpaired) electrons. The Labute approximate surface area is 165 Å². The summed E-state index contributed by atoms with van der Waals surface area (Å²) in [5.74, 6) is 1.67. The van der Waals surface area contributed by atoms with E-state index in [4.69, 9.17) is 9.47 Å². The van der Waals surface area contributed by atoms with E-state index >= 15 is 0 Å². The Kier molecular flexibility index (Phi) is 4.46. The molecule has 0 aliphatic carbocycles. The van der Waals surface area contributed by atoms with Crippen LogP contribution in [0.15, 0.2) is 42.0 Å². The van der Waals surface area contributed by atoms with Crippen LogP contribution >= 0.6 is 11.3 Å². The van der Waals surface area contributed by atoms with Gasteiger partial charge in [-0.15, -0.1) is 16.4 Å². The number of nitrogens with zero attached hydrogens (tertiary/aromatic N) is 5. The van der Waals surface area contributed by atoms with Crippen LogP contribution in [-0.2, 0) is 6.54 Å². The summed E-state index contributed by atoms with van der Waals surface area (Å²) in [5, 5.41) is 9.75. The highest BCUT2D eigenvalue weighted by atomic mass is 32.1. The monoisotopic (exact) mass is 397 g/mol. The van der Waals surface area contributed by atoms with Crippen molar-refractivity contribution < 1.29 is 14.3 Å². The van der Waals surface area contributed by atoms with E-state index in [-0.39, 0.29) is 5.91 Å². The van der Waals surface area contributed by atoms with Crippen LogP contribution in [0.5, 0.6) is 11.5 Å². The lowest BCUT2D eigenvalue weighted by Crippen LogP contribution is -2.48. The van der Waals surface area contributed by atoms with Crippen LogP contribution in [0.1, 0.15) is 15.2 Å². The molecule has 1 saturated heterocycles. The van der Waals surface area contributed by atoms with Crippen LogP contribution in [0.4, 0.5) is 0 Å². The van der Waals surface area contributed by atoms with Gasteiger partial charge in [0.1, 0.15) is 4.88 Å². The topological polar surface area (TPSA) is 72.7 Å². The number of rotatable bonds is 4. The molecule has 0 unspecified atom stereocenters. The SMILES string of the molecule is O=C(c1sccc1-n1ccnn1)N1CCN(Cc2ccc3c(c2)OCO3)CC1. The highest BCUT2D eigenvalue weighted by Crippen LogP contribution is 2.33. The van der Waals surface area contributed by atoms with Crippen LogP contribution in [0.3, 0.4) is 0 Å². The molecule has 0 N–H and O–H groups in total. The van der Waals surface area contributed by atoms with Crippen LogP contribution in [-0.4, -0.2) is 63.7 Å². The molecule has 1 aromatic carbocycles. The molecule has 0 saturated carbocycles. The molecule has 2 aliphatic rings. The number of carbonyl (C=O) groups excluding carboxylic acids is 1. The van der Waals surface area contributed by atoms with Gasteiger partial charge in [-0.1, -0.05) is 11.3 Å². The van der Waals surface area contributed by atoms with Gasteiger partial charge in [0.25, 0.3) is 5.91 Å². The average Bonchev–Trinajstić information content (AvgIpc) is 3.48. The number of aromatic nitrogens is 3. The summed E-state index contributed by atoms with van der Waals surface area (Å²) in [6.45, 7) is 4.21. The van der Waals surface area contributed by atoms with Gasteiger partial charge >= 0.3 is 0 Å². The fourth-order valence-corrected chi connectivity index (χ4v) is 4.38. The Bertz CT molecular complexity index is 979. The molecular weight excluding hydrogens is 378 g/mol. The molecule has 9 heteroatoms. The predicted molar refractivity (Wildman–Crippen MR) is 103 cm³/mol. The Balaban J connectivity index is 1.22. The molecule has 2 aliphatic heterocycles. The molecule has 144 valence electrons. The van der Waals surface area contributed by atoms with Crippen molar-refractivity contribution in [3.8, 4) is 17.2 Å². The zero-order chi connectivity index (χ0) is 18.9. The Hall–Kier alpha value is -2.91. The molecule has 0 bridgehead atoms. The van der Waals surface area contributed by atoms with Crippen molar-refractivity contribution in [2.75, 3.05) is 33.0 Å². The van der Waals surface area contributed by atoms with Crippen LogP contribution < -0.4 is 9.47 Å². The lowest BCUT2D eigenvalue weighted by atomic mass is 10.1. The first-order valence-corrected chi connectivity index (χ1v) is 10.0. The fraction of sp³-hybridized carbons (Fsp3) is 0.316. The number of amides is 1. The highest BCUT2D eigenvalue weighted by molar-refractivity contribution is 7.12. The minimum absolute atomic E-state index is 0.0585. The first-order chi connectivity index (χ1) is 13.8. The molecule has 2 aromatic heterocycles. The van der Waals surface area contributed by atoms with Crippen molar-refractivity contribution >= 4 is 17.2 Å². The molecule has 1 fully saturated rings. The lowest BCUT2D eigenvalue weighted by molar-refractivity contribution is 0.0633. The van der Waals surface area contributed by atoms with E-state index in [1.54, 1.807) is 17.1 Å². The number of benzene rings is 1. The van der Waals surface area contributed by atoms with Crippen molar-refractivity contribution in [3.05, 3.63) is 52.5 Å². The summed E-state index contributed by atoms with van der Waals surface area (Å²) < 4.78 is 12.5. The fourth-order valence-electron chi connectivity index (χ4n) is 3.53. The number of hydrogen-bond donors (Lipinski definition) is 0. The van der Waals surface area contributed by atoms with E-state index in [2.05, 4.69) is 21.3 Å². The van der Waals surface area contributed by atoms with E-state index < -0.39 is 0 Å². The molecule has 1 amide bonds. The van der Waals surface area contributed by atoms with Crippen LogP contribution in [0.25, 0.3) is 5.69 Å². The maximum Gasteiger partial charge on any atom is 0.266 e. The van der Waals surface area contributed by atoms with E-state index in [9.17, 15) is 4.79 Å². The molecule has 8 nitrogen and oxygen atoms in total. The smallest absolute Gasteiger partial charge is 0.266 e. The van der Waals surface area contributed by atoms with Gasteiger partial charge in [-0.2, -0.15) is 0 Å². The zero-order valence-corrected chi connectivity index (χ0v) is 16.0. The van der Waals surface area contributed by atoms with Crippen molar-refractivity contribution in [2.24, 2.45) is 0 Å². The first-order valence-electron chi connectivity index (χ1n) is 9.12. The lowest BCUT2D eigenvalue weighted by Gasteiger charge is -2.34. The quantitative estimate of drug-likeness (QED) is 0.671. The first kappa shape index (κ1) is 17.2. The third-order valence-electron chi connectivity index (χ3n) is 5.01. The summed E-state index contributed by atoms with van der Waals surface area (Å²) in [5.41, 5.74) is 1.98. The number of thiophene rings is 1. The largest absolute Gasteiger partial charge is 0.454 e. The second-order valence-corrected chi connectivity index (χ2v) is 7.65. The third kappa shape index (κ3) is 3.23. The standard InChI is InChI=1S/C19H19N5O3S/c25-19(18-15(3-10-28-18)24-5-4-20-21-24)23-8-6-22(7-9-23)12-14-1-2-16-17(11-14)27-13-26-16/h1-5,10-11H,6-9,12-13H2. The highest BCUT2D eigenvalue weighted by Gasteiger charge is 2.26. The number of fused-ring (bicyclic) bond motifs is 1. The van der Waals surface area contributed by atoms with Crippen LogP contribution in [0.2, 0.25) is 0 Å². The predicted octanol–water partition coefficient (Wildman–Crippen LogP) is 2.02. The zero-order valence-electron chi connectivity index (χ0n) is 15.2. The number of piperazine rings is 1. The van der Waals surface area contributed by atoms with Crippen molar-refractivity contribution in [3.63, 3.8) is 0 Å². The molecule has 28 heavy (non-hydrogen) atoms. The molecule has 5 rings (SSSR count). The Morgan fingerprint density at radius 2 is 1.96 bits per heavy atom. The summed E-state index contributed by atoms with van der Waals surface area (Å²) in [7, 11) is 0. The molecule has 0 atom stereocenters. The van der Waals surface area contributed by atoms with Gasteiger partial charge in [0.2, 0.25) is 6.79 Å². The van der Waals surface area contributed by atoms with E-state index in [0.717, 1.165) is 36.8 Å².